The Morgan fingerprint density at radius 1 is 1.10 bits per heavy atom. The van der Waals surface area contributed by atoms with Gasteiger partial charge in [0, 0.05) is 9.75 Å². The summed E-state index contributed by atoms with van der Waals surface area (Å²) in [5, 5.41) is 0. The van der Waals surface area contributed by atoms with Gasteiger partial charge in [-0.25, -0.2) is 9.59 Å². The highest BCUT2D eigenvalue weighted by atomic mass is 32.1. The minimum absolute atomic E-state index is 0.125. The topological polar surface area (TPSA) is 43.4 Å². The summed E-state index contributed by atoms with van der Waals surface area (Å²) in [7, 11) is 0. The Bertz CT molecular complexity index is 683. The molecule has 0 radical (unpaired) electrons. The van der Waals surface area contributed by atoms with Crippen LogP contribution in [0, 0.1) is 19.8 Å². The molecule has 4 heteroatoms. The van der Waals surface area contributed by atoms with Gasteiger partial charge in [0.05, 0.1) is 11.1 Å². The lowest BCUT2D eigenvalue weighted by atomic mass is 9.87. The zero-order valence-corrected chi connectivity index (χ0v) is 14.1. The molecule has 1 fully saturated rings. The summed E-state index contributed by atoms with van der Waals surface area (Å²) in [6.45, 7) is 11.8. The summed E-state index contributed by atoms with van der Waals surface area (Å²) in [6.07, 6.45) is 0. The van der Waals surface area contributed by atoms with Crippen molar-refractivity contribution in [3.8, 4) is 0 Å². The maximum absolute atomic E-state index is 12.2. The number of rotatable bonds is 2. The average molecular weight is 304 g/mol. The number of allylic oxidation sites excluding steroid dienone is 2. The van der Waals surface area contributed by atoms with Gasteiger partial charge >= 0.3 is 11.9 Å². The number of hydrogen-bond acceptors (Lipinski definition) is 4. The van der Waals surface area contributed by atoms with E-state index in [2.05, 4.69) is 6.07 Å². The van der Waals surface area contributed by atoms with Crippen LogP contribution in [0.15, 0.2) is 22.8 Å². The van der Waals surface area contributed by atoms with Gasteiger partial charge in [0.2, 0.25) is 0 Å². The van der Waals surface area contributed by atoms with Gasteiger partial charge in [-0.15, -0.1) is 11.3 Å². The van der Waals surface area contributed by atoms with E-state index in [1.54, 1.807) is 11.3 Å². The van der Waals surface area contributed by atoms with Gasteiger partial charge in [-0.1, -0.05) is 19.4 Å². The van der Waals surface area contributed by atoms with Crippen molar-refractivity contribution in [2.75, 3.05) is 0 Å². The monoisotopic (exact) mass is 304 g/mol. The molecule has 2 rings (SSSR count). The molecule has 21 heavy (non-hydrogen) atoms. The number of thiophene rings is 1. The molecule has 0 amide bonds. The number of carbonyl (C=O) groups excluding carboxylic acids is 2. The lowest BCUT2D eigenvalue weighted by Crippen LogP contribution is -2.06. The lowest BCUT2D eigenvalue weighted by molar-refractivity contribution is -0.149. The third-order valence-electron chi connectivity index (χ3n) is 3.52. The number of aryl methyl sites for hydroxylation is 2. The van der Waals surface area contributed by atoms with Crippen LogP contribution in [0.4, 0.5) is 0 Å². The Balaban J connectivity index is 2.82. The summed E-state index contributed by atoms with van der Waals surface area (Å²) < 4.78 is 4.86. The van der Waals surface area contributed by atoms with Crippen LogP contribution in [0.3, 0.4) is 0 Å². The number of cyclic esters (lactones) is 2. The summed E-state index contributed by atoms with van der Waals surface area (Å²) >= 11 is 1.70. The van der Waals surface area contributed by atoms with Gasteiger partial charge in [0.25, 0.3) is 0 Å². The molecule has 0 atom stereocenters. The highest BCUT2D eigenvalue weighted by Crippen LogP contribution is 2.39. The largest absolute Gasteiger partial charge is 0.386 e. The van der Waals surface area contributed by atoms with Crippen molar-refractivity contribution < 1.29 is 14.3 Å². The number of hydrogen-bond donors (Lipinski definition) is 0. The molecular formula is C17H20O3S. The van der Waals surface area contributed by atoms with Crippen LogP contribution < -0.4 is 0 Å². The van der Waals surface area contributed by atoms with E-state index in [0.717, 1.165) is 21.6 Å². The normalized spacial score (nSPS) is 17.6. The molecule has 0 unspecified atom stereocenters. The second-order valence-corrected chi connectivity index (χ2v) is 7.28. The first-order valence-corrected chi connectivity index (χ1v) is 7.81. The maximum atomic E-state index is 12.2. The van der Waals surface area contributed by atoms with Crippen molar-refractivity contribution in [3.05, 3.63) is 38.1 Å². The van der Waals surface area contributed by atoms with Crippen molar-refractivity contribution in [1.82, 2.24) is 0 Å². The fourth-order valence-electron chi connectivity index (χ4n) is 2.72. The molecule has 0 spiro atoms. The minimum Gasteiger partial charge on any atom is -0.386 e. The molecule has 1 aromatic rings. The highest BCUT2D eigenvalue weighted by molar-refractivity contribution is 7.12. The number of esters is 2. The van der Waals surface area contributed by atoms with Crippen molar-refractivity contribution in [1.29, 1.82) is 0 Å². The SMILES string of the molecule is CC(C)=C1C(=O)OC(=O)/C1=C(/c1cc(C)sc1C)C(C)C. The quantitative estimate of drug-likeness (QED) is 0.467. The predicted octanol–water partition coefficient (Wildman–Crippen LogP) is 4.19. The van der Waals surface area contributed by atoms with E-state index in [9.17, 15) is 9.59 Å². The van der Waals surface area contributed by atoms with Gasteiger partial charge in [-0.05, 0) is 50.8 Å². The first-order chi connectivity index (χ1) is 9.73. The lowest BCUT2D eigenvalue weighted by Gasteiger charge is -2.14. The van der Waals surface area contributed by atoms with Crippen LogP contribution in [-0.2, 0) is 14.3 Å². The number of carbonyl (C=O) groups is 2. The molecule has 3 nitrogen and oxygen atoms in total. The van der Waals surface area contributed by atoms with E-state index < -0.39 is 11.9 Å². The Kier molecular flexibility index (Phi) is 4.19. The van der Waals surface area contributed by atoms with Crippen LogP contribution in [0.1, 0.15) is 43.0 Å². The van der Waals surface area contributed by atoms with E-state index in [4.69, 9.17) is 4.74 Å². The van der Waals surface area contributed by atoms with Crippen LogP contribution in [0.2, 0.25) is 0 Å². The fourth-order valence-corrected chi connectivity index (χ4v) is 3.66. The second-order valence-electron chi connectivity index (χ2n) is 5.82. The molecule has 1 saturated heterocycles. The van der Waals surface area contributed by atoms with Crippen LogP contribution in [0.25, 0.3) is 5.57 Å². The first kappa shape index (κ1) is 15.7. The molecule has 0 aromatic carbocycles. The molecule has 0 bridgehead atoms. The van der Waals surface area contributed by atoms with E-state index >= 15 is 0 Å². The molecule has 2 heterocycles. The van der Waals surface area contributed by atoms with Crippen molar-refractivity contribution in [2.24, 2.45) is 5.92 Å². The van der Waals surface area contributed by atoms with E-state index in [1.165, 1.54) is 4.88 Å². The molecule has 1 aliphatic rings. The Morgan fingerprint density at radius 2 is 1.67 bits per heavy atom. The van der Waals surface area contributed by atoms with Gasteiger partial charge in [0.1, 0.15) is 0 Å². The van der Waals surface area contributed by atoms with Gasteiger partial charge in [0.15, 0.2) is 0 Å². The Labute approximate surface area is 129 Å². The summed E-state index contributed by atoms with van der Waals surface area (Å²) in [4.78, 5) is 26.5. The standard InChI is InChI=1S/C17H20O3S/c1-8(2)13(12-7-10(5)21-11(12)6)15-14(9(3)4)16(18)20-17(15)19/h7-8H,1-6H3/b15-13+. The molecular weight excluding hydrogens is 284 g/mol. The van der Waals surface area contributed by atoms with Crippen LogP contribution in [-0.4, -0.2) is 11.9 Å². The molecule has 0 aliphatic carbocycles. The third kappa shape index (κ3) is 2.72. The highest BCUT2D eigenvalue weighted by Gasteiger charge is 2.38. The summed E-state index contributed by atoms with van der Waals surface area (Å²) in [5.41, 5.74) is 3.63. The predicted molar refractivity (Wildman–Crippen MR) is 85.0 cm³/mol. The smallest absolute Gasteiger partial charge is 0.347 e. The zero-order chi connectivity index (χ0) is 15.9. The molecule has 112 valence electrons. The molecule has 0 saturated carbocycles. The maximum Gasteiger partial charge on any atom is 0.347 e. The Morgan fingerprint density at radius 3 is 2.10 bits per heavy atom. The molecule has 1 aliphatic heterocycles. The van der Waals surface area contributed by atoms with Crippen LogP contribution >= 0.6 is 11.3 Å². The van der Waals surface area contributed by atoms with Crippen molar-refractivity contribution >= 4 is 28.8 Å². The minimum atomic E-state index is -0.530. The van der Waals surface area contributed by atoms with E-state index in [1.807, 2.05) is 41.5 Å². The summed E-state index contributed by atoms with van der Waals surface area (Å²) in [6, 6.07) is 2.08. The van der Waals surface area contributed by atoms with Gasteiger partial charge < -0.3 is 4.74 Å². The molecule has 0 N–H and O–H groups in total. The van der Waals surface area contributed by atoms with Crippen LogP contribution in [0.5, 0.6) is 0 Å². The van der Waals surface area contributed by atoms with E-state index in [-0.39, 0.29) is 5.92 Å². The van der Waals surface area contributed by atoms with Gasteiger partial charge in [-0.2, -0.15) is 0 Å². The number of ether oxygens (including phenoxy) is 1. The van der Waals surface area contributed by atoms with Crippen molar-refractivity contribution in [2.45, 2.75) is 41.5 Å². The second kappa shape index (κ2) is 5.60. The summed E-state index contributed by atoms with van der Waals surface area (Å²) in [5.74, 6) is -0.929. The van der Waals surface area contributed by atoms with E-state index in [0.29, 0.717) is 11.1 Å². The van der Waals surface area contributed by atoms with Gasteiger partial charge in [-0.3, -0.25) is 0 Å². The molecule has 1 aromatic heterocycles. The Hall–Kier alpha value is -1.68. The third-order valence-corrected chi connectivity index (χ3v) is 4.49. The average Bonchev–Trinajstić information content (AvgIpc) is 2.80. The van der Waals surface area contributed by atoms with Crippen molar-refractivity contribution in [3.63, 3.8) is 0 Å². The fraction of sp³-hybridized carbons (Fsp3) is 0.412. The zero-order valence-electron chi connectivity index (χ0n) is 13.3. The first-order valence-electron chi connectivity index (χ1n) is 7.00.